The second-order valence-electron chi connectivity index (χ2n) is 5.32. The highest BCUT2D eigenvalue weighted by Gasteiger charge is 2.11. The Kier molecular flexibility index (Phi) is 3.59. The lowest BCUT2D eigenvalue weighted by atomic mass is 9.96. The number of benzene rings is 2. The highest BCUT2D eigenvalue weighted by molar-refractivity contribution is 5.68. The molecule has 106 valence electrons. The predicted octanol–water partition coefficient (Wildman–Crippen LogP) is 3.74. The number of aromatic nitrogens is 2. The molecule has 0 saturated heterocycles. The molecule has 0 saturated carbocycles. The molecule has 0 aliphatic rings. The van der Waals surface area contributed by atoms with Gasteiger partial charge in [-0.25, -0.2) is 0 Å². The summed E-state index contributed by atoms with van der Waals surface area (Å²) >= 11 is 0. The number of H-pyrrole nitrogens is 1. The van der Waals surface area contributed by atoms with Gasteiger partial charge in [-0.15, -0.1) is 0 Å². The first-order valence-electron chi connectivity index (χ1n) is 7.09. The maximum atomic E-state index is 6.33. The summed E-state index contributed by atoms with van der Waals surface area (Å²) in [5, 5.41) is 7.27. The van der Waals surface area contributed by atoms with E-state index in [1.54, 1.807) is 0 Å². The Balaban J connectivity index is 1.91. The molecule has 0 fully saturated rings. The Morgan fingerprint density at radius 3 is 2.10 bits per heavy atom. The summed E-state index contributed by atoms with van der Waals surface area (Å²) in [6, 6.07) is 18.5. The van der Waals surface area contributed by atoms with Crippen molar-refractivity contribution in [3.05, 3.63) is 77.1 Å². The summed E-state index contributed by atoms with van der Waals surface area (Å²) in [7, 11) is 0. The van der Waals surface area contributed by atoms with Crippen molar-refractivity contribution in [2.45, 2.75) is 19.9 Å². The van der Waals surface area contributed by atoms with Crippen LogP contribution in [0.3, 0.4) is 0 Å². The van der Waals surface area contributed by atoms with Gasteiger partial charge in [0.1, 0.15) is 0 Å². The molecule has 2 aromatic carbocycles. The van der Waals surface area contributed by atoms with Crippen LogP contribution in [0.25, 0.3) is 11.1 Å². The minimum absolute atomic E-state index is 0.0909. The fourth-order valence-electron chi connectivity index (χ4n) is 2.69. The number of nitrogens with two attached hydrogens (primary N) is 1. The first kappa shape index (κ1) is 13.6. The molecule has 1 unspecified atom stereocenters. The van der Waals surface area contributed by atoms with Crippen LogP contribution < -0.4 is 5.73 Å². The highest BCUT2D eigenvalue weighted by Crippen LogP contribution is 2.27. The van der Waals surface area contributed by atoms with Gasteiger partial charge in [0, 0.05) is 11.3 Å². The molecule has 3 nitrogen and oxygen atoms in total. The Morgan fingerprint density at radius 2 is 1.52 bits per heavy atom. The summed E-state index contributed by atoms with van der Waals surface area (Å²) in [5.41, 5.74) is 13.0. The fourth-order valence-corrected chi connectivity index (χ4v) is 2.69. The largest absolute Gasteiger partial charge is 0.320 e. The van der Waals surface area contributed by atoms with E-state index in [9.17, 15) is 0 Å². The number of rotatable bonds is 3. The zero-order valence-corrected chi connectivity index (χ0v) is 12.3. The van der Waals surface area contributed by atoms with Crippen molar-refractivity contribution < 1.29 is 0 Å². The third-order valence-electron chi connectivity index (χ3n) is 3.85. The van der Waals surface area contributed by atoms with Gasteiger partial charge in [0.15, 0.2) is 0 Å². The Hall–Kier alpha value is -2.39. The molecule has 3 rings (SSSR count). The Bertz CT molecular complexity index is 707. The molecule has 1 heterocycles. The monoisotopic (exact) mass is 277 g/mol. The number of hydrogen-bond acceptors (Lipinski definition) is 2. The molecule has 3 aromatic rings. The quantitative estimate of drug-likeness (QED) is 0.766. The third-order valence-corrected chi connectivity index (χ3v) is 3.85. The van der Waals surface area contributed by atoms with Crippen molar-refractivity contribution in [1.82, 2.24) is 10.2 Å². The van der Waals surface area contributed by atoms with E-state index in [1.165, 1.54) is 11.1 Å². The smallest absolute Gasteiger partial charge is 0.0672 e. The summed E-state index contributed by atoms with van der Waals surface area (Å²) < 4.78 is 0. The van der Waals surface area contributed by atoms with Crippen molar-refractivity contribution >= 4 is 0 Å². The van der Waals surface area contributed by atoms with Gasteiger partial charge >= 0.3 is 0 Å². The van der Waals surface area contributed by atoms with E-state index in [-0.39, 0.29) is 6.04 Å². The van der Waals surface area contributed by atoms with Crippen molar-refractivity contribution in [2.24, 2.45) is 5.73 Å². The molecule has 0 amide bonds. The fraction of sp³-hybridized carbons (Fsp3) is 0.167. The standard InChI is InChI=1S/C18H19N3/c1-12-17(13(2)21-20-12)14-8-10-16(11-9-14)18(19)15-6-4-3-5-7-15/h3-11,18H,19H2,1-2H3,(H,20,21). The van der Waals surface area contributed by atoms with Crippen molar-refractivity contribution in [2.75, 3.05) is 0 Å². The molecule has 0 bridgehead atoms. The normalized spacial score (nSPS) is 12.3. The molecular weight excluding hydrogens is 258 g/mol. The van der Waals surface area contributed by atoms with Gasteiger partial charge in [0.05, 0.1) is 11.7 Å². The molecule has 1 atom stereocenters. The van der Waals surface area contributed by atoms with E-state index in [0.717, 1.165) is 22.5 Å². The van der Waals surface area contributed by atoms with E-state index in [0.29, 0.717) is 0 Å². The van der Waals surface area contributed by atoms with Crippen LogP contribution in [0.2, 0.25) is 0 Å². The zero-order chi connectivity index (χ0) is 14.8. The molecule has 1 aromatic heterocycles. The van der Waals surface area contributed by atoms with Gasteiger partial charge in [0.25, 0.3) is 0 Å². The number of nitrogens with one attached hydrogen (secondary N) is 1. The molecule has 3 heteroatoms. The van der Waals surface area contributed by atoms with Crippen LogP contribution in [0, 0.1) is 13.8 Å². The number of aryl methyl sites for hydroxylation is 2. The van der Waals surface area contributed by atoms with Crippen LogP contribution in [0.5, 0.6) is 0 Å². The highest BCUT2D eigenvalue weighted by atomic mass is 15.1. The van der Waals surface area contributed by atoms with Gasteiger partial charge in [-0.2, -0.15) is 5.10 Å². The Labute approximate surface area is 124 Å². The van der Waals surface area contributed by atoms with E-state index < -0.39 is 0 Å². The molecule has 3 N–H and O–H groups in total. The summed E-state index contributed by atoms with van der Waals surface area (Å²) in [6.45, 7) is 4.06. The predicted molar refractivity (Wildman–Crippen MR) is 86.0 cm³/mol. The van der Waals surface area contributed by atoms with E-state index in [2.05, 4.69) is 46.6 Å². The average Bonchev–Trinajstić information content (AvgIpc) is 2.87. The minimum atomic E-state index is -0.0909. The number of nitrogens with zero attached hydrogens (tertiary/aromatic N) is 1. The number of aromatic amines is 1. The van der Waals surface area contributed by atoms with Crippen molar-refractivity contribution in [3.8, 4) is 11.1 Å². The lowest BCUT2D eigenvalue weighted by molar-refractivity contribution is 0.872. The van der Waals surface area contributed by atoms with Crippen molar-refractivity contribution in [3.63, 3.8) is 0 Å². The average molecular weight is 277 g/mol. The lowest BCUT2D eigenvalue weighted by Gasteiger charge is -2.13. The molecule has 0 aliphatic heterocycles. The lowest BCUT2D eigenvalue weighted by Crippen LogP contribution is -2.11. The van der Waals surface area contributed by atoms with Crippen molar-refractivity contribution in [1.29, 1.82) is 0 Å². The van der Waals surface area contributed by atoms with Gasteiger partial charge in [-0.05, 0) is 30.5 Å². The second-order valence-corrected chi connectivity index (χ2v) is 5.32. The van der Waals surface area contributed by atoms with Gasteiger partial charge in [-0.3, -0.25) is 5.10 Å². The van der Waals surface area contributed by atoms with Gasteiger partial charge < -0.3 is 5.73 Å². The third kappa shape index (κ3) is 2.60. The Morgan fingerprint density at radius 1 is 0.905 bits per heavy atom. The van der Waals surface area contributed by atoms with E-state index in [1.807, 2.05) is 32.0 Å². The first-order valence-corrected chi connectivity index (χ1v) is 7.09. The first-order chi connectivity index (χ1) is 10.2. The molecule has 21 heavy (non-hydrogen) atoms. The summed E-state index contributed by atoms with van der Waals surface area (Å²) in [6.07, 6.45) is 0. The molecule has 0 aliphatic carbocycles. The maximum Gasteiger partial charge on any atom is 0.0672 e. The van der Waals surface area contributed by atoms with Crippen LogP contribution in [0.1, 0.15) is 28.6 Å². The van der Waals surface area contributed by atoms with Crippen LogP contribution >= 0.6 is 0 Å². The molecule has 0 radical (unpaired) electrons. The van der Waals surface area contributed by atoms with Gasteiger partial charge in [0.2, 0.25) is 0 Å². The van der Waals surface area contributed by atoms with E-state index in [4.69, 9.17) is 5.73 Å². The van der Waals surface area contributed by atoms with Crippen LogP contribution in [-0.4, -0.2) is 10.2 Å². The SMILES string of the molecule is Cc1n[nH]c(C)c1-c1ccc(C(N)c2ccccc2)cc1. The second kappa shape index (κ2) is 5.54. The topological polar surface area (TPSA) is 54.7 Å². The van der Waals surface area contributed by atoms with Crippen LogP contribution in [0.15, 0.2) is 54.6 Å². The summed E-state index contributed by atoms with van der Waals surface area (Å²) in [4.78, 5) is 0. The van der Waals surface area contributed by atoms with Crippen LogP contribution in [0.4, 0.5) is 0 Å². The van der Waals surface area contributed by atoms with Crippen LogP contribution in [-0.2, 0) is 0 Å². The van der Waals surface area contributed by atoms with E-state index >= 15 is 0 Å². The minimum Gasteiger partial charge on any atom is -0.320 e. The molecular formula is C18H19N3. The van der Waals surface area contributed by atoms with Gasteiger partial charge in [-0.1, -0.05) is 54.6 Å². The number of hydrogen-bond donors (Lipinski definition) is 2. The maximum absolute atomic E-state index is 6.33. The summed E-state index contributed by atoms with van der Waals surface area (Å²) in [5.74, 6) is 0. The molecule has 0 spiro atoms. The zero-order valence-electron chi connectivity index (χ0n) is 12.3.